The van der Waals surface area contributed by atoms with Gasteiger partial charge in [0.25, 0.3) is 0 Å². The largest absolute Gasteiger partial charge is 0.480 e. The van der Waals surface area contributed by atoms with Crippen LogP contribution < -0.4 is 4.74 Å². The molecule has 1 amide bonds. The Morgan fingerprint density at radius 1 is 1.29 bits per heavy atom. The zero-order valence-electron chi connectivity index (χ0n) is 14.5. The number of fused-ring (bicyclic) bond motifs is 2. The van der Waals surface area contributed by atoms with Crippen LogP contribution in [0.25, 0.3) is 5.57 Å². The minimum Gasteiger partial charge on any atom is -0.480 e. The average Bonchev–Trinajstić information content (AvgIpc) is 2.52. The van der Waals surface area contributed by atoms with Gasteiger partial charge < -0.3 is 14.2 Å². The molecule has 0 spiro atoms. The van der Waals surface area contributed by atoms with Crippen LogP contribution in [0.3, 0.4) is 0 Å². The molecule has 1 aromatic rings. The van der Waals surface area contributed by atoms with Crippen molar-refractivity contribution in [2.45, 2.75) is 44.9 Å². The number of rotatable bonds is 2. The summed E-state index contributed by atoms with van der Waals surface area (Å²) in [6.45, 7) is 6.57. The van der Waals surface area contributed by atoms with E-state index in [2.05, 4.69) is 10.2 Å². The van der Waals surface area contributed by atoms with Crippen molar-refractivity contribution in [1.29, 1.82) is 0 Å². The van der Waals surface area contributed by atoms with Crippen LogP contribution >= 0.6 is 0 Å². The van der Waals surface area contributed by atoms with Crippen molar-refractivity contribution in [3.8, 4) is 5.88 Å². The van der Waals surface area contributed by atoms with Crippen molar-refractivity contribution in [3.63, 3.8) is 0 Å². The fraction of sp³-hybridized carbons (Fsp3) is 0.588. The van der Waals surface area contributed by atoms with E-state index in [1.807, 2.05) is 32.9 Å². The van der Waals surface area contributed by atoms with Gasteiger partial charge in [-0.3, -0.25) is 4.90 Å². The predicted octanol–water partition coefficient (Wildman–Crippen LogP) is 2.28. The molecule has 7 heteroatoms. The highest BCUT2D eigenvalue weighted by Crippen LogP contribution is 2.32. The maximum atomic E-state index is 12.5. The molecule has 1 fully saturated rings. The standard InChI is InChI=1S/C17H23N3O4/c1-17(2,3)24-16(21)20-12-7-11(8-13(20)10-23-9-12)14-5-6-15(22-4)19-18-14/h5-7,12-13H,8-10H2,1-4H3. The molecule has 0 aliphatic carbocycles. The topological polar surface area (TPSA) is 73.8 Å². The van der Waals surface area contributed by atoms with E-state index in [1.165, 1.54) is 0 Å². The summed E-state index contributed by atoms with van der Waals surface area (Å²) < 4.78 is 16.2. The maximum Gasteiger partial charge on any atom is 0.411 e. The Hall–Kier alpha value is -2.15. The second-order valence-corrected chi connectivity index (χ2v) is 7.00. The summed E-state index contributed by atoms with van der Waals surface area (Å²) >= 11 is 0. The number of hydrogen-bond donors (Lipinski definition) is 0. The van der Waals surface area contributed by atoms with E-state index in [0.717, 1.165) is 11.3 Å². The van der Waals surface area contributed by atoms with Crippen molar-refractivity contribution in [2.75, 3.05) is 20.3 Å². The van der Waals surface area contributed by atoms with Gasteiger partial charge >= 0.3 is 6.09 Å². The summed E-state index contributed by atoms with van der Waals surface area (Å²) in [6.07, 6.45) is 2.39. The van der Waals surface area contributed by atoms with Crippen LogP contribution in [-0.4, -0.2) is 59.2 Å². The molecule has 2 atom stereocenters. The first kappa shape index (κ1) is 16.7. The van der Waals surface area contributed by atoms with Crippen molar-refractivity contribution < 1.29 is 19.0 Å². The summed E-state index contributed by atoms with van der Waals surface area (Å²) in [5.41, 5.74) is 1.36. The van der Waals surface area contributed by atoms with Gasteiger partial charge in [0, 0.05) is 6.07 Å². The summed E-state index contributed by atoms with van der Waals surface area (Å²) in [5.74, 6) is 0.481. The molecule has 1 aromatic heterocycles. The Morgan fingerprint density at radius 2 is 2.08 bits per heavy atom. The van der Waals surface area contributed by atoms with Crippen LogP contribution in [0.1, 0.15) is 32.9 Å². The van der Waals surface area contributed by atoms with E-state index in [-0.39, 0.29) is 18.2 Å². The molecule has 3 heterocycles. The van der Waals surface area contributed by atoms with Gasteiger partial charge in [-0.25, -0.2) is 4.79 Å². The van der Waals surface area contributed by atoms with Crippen LogP contribution in [0.15, 0.2) is 18.2 Å². The van der Waals surface area contributed by atoms with Crippen molar-refractivity contribution in [2.24, 2.45) is 0 Å². The van der Waals surface area contributed by atoms with Gasteiger partial charge in [-0.05, 0) is 38.8 Å². The van der Waals surface area contributed by atoms with Gasteiger partial charge in [-0.1, -0.05) is 6.08 Å². The normalized spacial score (nSPS) is 23.5. The first-order valence-corrected chi connectivity index (χ1v) is 8.05. The molecule has 130 valence electrons. The Labute approximate surface area is 141 Å². The summed E-state index contributed by atoms with van der Waals surface area (Å²) in [4.78, 5) is 14.3. The lowest BCUT2D eigenvalue weighted by atomic mass is 9.92. The van der Waals surface area contributed by atoms with Crippen molar-refractivity contribution in [1.82, 2.24) is 15.1 Å². The predicted molar refractivity (Wildman–Crippen MR) is 87.6 cm³/mol. The summed E-state index contributed by atoms with van der Waals surface area (Å²) in [6, 6.07) is 3.47. The fourth-order valence-electron chi connectivity index (χ4n) is 2.99. The summed E-state index contributed by atoms with van der Waals surface area (Å²) in [5, 5.41) is 8.23. The molecule has 2 aliphatic heterocycles. The molecular weight excluding hydrogens is 310 g/mol. The zero-order chi connectivity index (χ0) is 17.3. The fourth-order valence-corrected chi connectivity index (χ4v) is 2.99. The highest BCUT2D eigenvalue weighted by Gasteiger charge is 2.40. The molecule has 1 saturated heterocycles. The first-order chi connectivity index (χ1) is 11.4. The maximum absolute atomic E-state index is 12.5. The smallest absolute Gasteiger partial charge is 0.411 e. The second kappa shape index (κ2) is 6.39. The van der Waals surface area contributed by atoms with Crippen LogP contribution in [0.4, 0.5) is 4.79 Å². The minimum atomic E-state index is -0.516. The molecule has 7 nitrogen and oxygen atoms in total. The van der Waals surface area contributed by atoms with Gasteiger partial charge in [0.05, 0.1) is 38.1 Å². The molecule has 2 bridgehead atoms. The van der Waals surface area contributed by atoms with E-state index in [0.29, 0.717) is 25.5 Å². The van der Waals surface area contributed by atoms with Crippen LogP contribution in [0.5, 0.6) is 5.88 Å². The van der Waals surface area contributed by atoms with Gasteiger partial charge in [0.1, 0.15) is 5.60 Å². The number of ether oxygens (including phenoxy) is 3. The van der Waals surface area contributed by atoms with Crippen LogP contribution in [0.2, 0.25) is 0 Å². The highest BCUT2D eigenvalue weighted by atomic mass is 16.6. The average molecular weight is 333 g/mol. The van der Waals surface area contributed by atoms with E-state index in [9.17, 15) is 4.79 Å². The van der Waals surface area contributed by atoms with E-state index in [1.54, 1.807) is 18.1 Å². The molecule has 2 unspecified atom stereocenters. The third-order valence-corrected chi connectivity index (χ3v) is 3.98. The minimum absolute atomic E-state index is 0.0532. The number of nitrogens with zero attached hydrogens (tertiary/aromatic N) is 3. The Morgan fingerprint density at radius 3 is 2.67 bits per heavy atom. The lowest BCUT2D eigenvalue weighted by molar-refractivity contribution is -0.0511. The number of carbonyl (C=O) groups excluding carboxylic acids is 1. The molecule has 2 aliphatic rings. The molecule has 0 radical (unpaired) electrons. The molecule has 0 aromatic carbocycles. The molecule has 24 heavy (non-hydrogen) atoms. The number of amides is 1. The second-order valence-electron chi connectivity index (χ2n) is 7.00. The zero-order valence-corrected chi connectivity index (χ0v) is 14.5. The lowest BCUT2D eigenvalue weighted by Gasteiger charge is -2.44. The van der Waals surface area contributed by atoms with E-state index in [4.69, 9.17) is 14.2 Å². The van der Waals surface area contributed by atoms with Crippen LogP contribution in [0, 0.1) is 0 Å². The number of carbonyl (C=O) groups is 1. The van der Waals surface area contributed by atoms with Crippen LogP contribution in [-0.2, 0) is 9.47 Å². The molecule has 0 saturated carbocycles. The Bertz CT molecular complexity index is 636. The van der Waals surface area contributed by atoms with Gasteiger partial charge in [0.2, 0.25) is 5.88 Å². The number of aromatic nitrogens is 2. The Balaban J connectivity index is 1.82. The quantitative estimate of drug-likeness (QED) is 0.827. The van der Waals surface area contributed by atoms with Crippen molar-refractivity contribution in [3.05, 3.63) is 23.9 Å². The van der Waals surface area contributed by atoms with Gasteiger partial charge in [0.15, 0.2) is 0 Å². The molecule has 0 N–H and O–H groups in total. The highest BCUT2D eigenvalue weighted by molar-refractivity contribution is 5.74. The lowest BCUT2D eigenvalue weighted by Crippen LogP contribution is -2.57. The SMILES string of the molecule is COc1ccc(C2=CC3COCC(C2)N3C(=O)OC(C)(C)C)nn1. The van der Waals surface area contributed by atoms with E-state index < -0.39 is 5.60 Å². The monoisotopic (exact) mass is 333 g/mol. The van der Waals surface area contributed by atoms with Gasteiger partial charge in [-0.2, -0.15) is 0 Å². The van der Waals surface area contributed by atoms with Gasteiger partial charge in [-0.15, -0.1) is 10.2 Å². The number of methoxy groups -OCH3 is 1. The molecule has 3 rings (SSSR count). The first-order valence-electron chi connectivity index (χ1n) is 8.05. The van der Waals surface area contributed by atoms with Crippen molar-refractivity contribution >= 4 is 11.7 Å². The third-order valence-electron chi connectivity index (χ3n) is 3.98. The van der Waals surface area contributed by atoms with E-state index >= 15 is 0 Å². The molecular formula is C17H23N3O4. The number of hydrogen-bond acceptors (Lipinski definition) is 6. The number of morpholine rings is 1. The summed E-state index contributed by atoms with van der Waals surface area (Å²) in [7, 11) is 1.56. The third kappa shape index (κ3) is 3.51. The Kier molecular flexibility index (Phi) is 4.45.